The molecule has 1 amide bonds. The minimum atomic E-state index is -0.586. The Balaban J connectivity index is 1.69. The molecule has 1 N–H and O–H groups in total. The third kappa shape index (κ3) is 4.70. The van der Waals surface area contributed by atoms with E-state index in [2.05, 4.69) is 22.0 Å². The van der Waals surface area contributed by atoms with Crippen molar-refractivity contribution >= 4 is 40.1 Å². The lowest BCUT2D eigenvalue weighted by molar-refractivity contribution is -0.124. The van der Waals surface area contributed by atoms with Gasteiger partial charge in [0, 0.05) is 21.7 Å². The molecule has 6 heteroatoms. The number of aromatic nitrogens is 2. The molecule has 0 aliphatic heterocycles. The summed E-state index contributed by atoms with van der Waals surface area (Å²) in [5, 5.41) is 4.64. The first-order chi connectivity index (χ1) is 16.5. The van der Waals surface area contributed by atoms with Gasteiger partial charge in [-0.15, -0.1) is 0 Å². The van der Waals surface area contributed by atoms with Gasteiger partial charge in [0.05, 0.1) is 11.0 Å². The monoisotopic (exact) mass is 491 g/mol. The molecule has 1 atom stereocenters. The van der Waals surface area contributed by atoms with Crippen LogP contribution in [0.25, 0.3) is 22.4 Å². The summed E-state index contributed by atoms with van der Waals surface area (Å²) in [5.41, 5.74) is 4.66. The molecule has 174 valence electrons. The lowest BCUT2D eigenvalue weighted by Crippen LogP contribution is -2.41. The van der Waals surface area contributed by atoms with Crippen molar-refractivity contribution in [3.8, 4) is 11.4 Å². The number of imidazole rings is 1. The van der Waals surface area contributed by atoms with Crippen LogP contribution < -0.4 is 5.32 Å². The second kappa shape index (κ2) is 9.81. The maximum Gasteiger partial charge on any atom is 0.248 e. The maximum atomic E-state index is 13.9. The average molecular weight is 492 g/mol. The van der Waals surface area contributed by atoms with Crippen LogP contribution in [0.5, 0.6) is 0 Å². The highest BCUT2D eigenvalue weighted by Gasteiger charge is 2.30. The Morgan fingerprint density at radius 1 is 0.941 bits per heavy atom. The van der Waals surface area contributed by atoms with Crippen LogP contribution >= 0.6 is 23.2 Å². The molecule has 1 fully saturated rings. The van der Waals surface area contributed by atoms with Crippen molar-refractivity contribution in [1.82, 2.24) is 14.9 Å². The number of hydrogen-bond donors (Lipinski definition) is 1. The Morgan fingerprint density at radius 2 is 1.59 bits per heavy atom. The number of carbonyl (C=O) groups is 1. The smallest absolute Gasteiger partial charge is 0.248 e. The zero-order chi connectivity index (χ0) is 23.7. The number of hydrogen-bond acceptors (Lipinski definition) is 2. The second-order valence-electron chi connectivity index (χ2n) is 9.10. The summed E-state index contributed by atoms with van der Waals surface area (Å²) in [6.07, 6.45) is 5.58. The SMILES string of the molecule is Cc1ccc2c(c1)nc(-c1ccc(Cl)cc1)n2C(C(=O)NC1CCCCC1)c1ccc(Cl)cc1. The van der Waals surface area contributed by atoms with E-state index < -0.39 is 6.04 Å². The van der Waals surface area contributed by atoms with E-state index in [9.17, 15) is 4.79 Å². The highest BCUT2D eigenvalue weighted by molar-refractivity contribution is 6.30. The molecule has 1 aliphatic rings. The predicted molar refractivity (Wildman–Crippen MR) is 140 cm³/mol. The van der Waals surface area contributed by atoms with Crippen molar-refractivity contribution in [2.45, 2.75) is 51.1 Å². The van der Waals surface area contributed by atoms with E-state index in [1.807, 2.05) is 61.5 Å². The number of rotatable bonds is 5. The van der Waals surface area contributed by atoms with Crippen LogP contribution in [-0.4, -0.2) is 21.5 Å². The van der Waals surface area contributed by atoms with Gasteiger partial charge in [-0.05, 0) is 79.4 Å². The van der Waals surface area contributed by atoms with Crippen LogP contribution in [-0.2, 0) is 4.79 Å². The quantitative estimate of drug-likeness (QED) is 0.317. The molecular weight excluding hydrogens is 465 g/mol. The first kappa shape index (κ1) is 22.9. The molecule has 1 aromatic heterocycles. The molecule has 1 unspecified atom stereocenters. The number of fused-ring (bicyclic) bond motifs is 1. The minimum Gasteiger partial charge on any atom is -0.351 e. The normalized spacial score (nSPS) is 15.4. The van der Waals surface area contributed by atoms with Gasteiger partial charge in [-0.25, -0.2) is 4.98 Å². The largest absolute Gasteiger partial charge is 0.351 e. The van der Waals surface area contributed by atoms with Gasteiger partial charge in [0.15, 0.2) is 0 Å². The fourth-order valence-electron chi connectivity index (χ4n) is 4.86. The Bertz CT molecular complexity index is 1310. The number of nitrogens with zero attached hydrogens (tertiary/aromatic N) is 2. The summed E-state index contributed by atoms with van der Waals surface area (Å²) in [4.78, 5) is 18.9. The highest BCUT2D eigenvalue weighted by atomic mass is 35.5. The van der Waals surface area contributed by atoms with E-state index in [1.54, 1.807) is 0 Å². The van der Waals surface area contributed by atoms with E-state index in [1.165, 1.54) is 6.42 Å². The lowest BCUT2D eigenvalue weighted by atomic mass is 9.94. The molecule has 0 bridgehead atoms. The van der Waals surface area contributed by atoms with Crippen LogP contribution in [0.3, 0.4) is 0 Å². The third-order valence-corrected chi connectivity index (χ3v) is 7.10. The lowest BCUT2D eigenvalue weighted by Gasteiger charge is -2.27. The molecule has 5 rings (SSSR count). The zero-order valence-electron chi connectivity index (χ0n) is 19.1. The summed E-state index contributed by atoms with van der Waals surface area (Å²) in [5.74, 6) is 0.709. The summed E-state index contributed by atoms with van der Waals surface area (Å²) < 4.78 is 2.05. The van der Waals surface area contributed by atoms with E-state index in [0.717, 1.165) is 59.2 Å². The molecule has 4 aromatic rings. The van der Waals surface area contributed by atoms with Gasteiger partial charge in [-0.3, -0.25) is 4.79 Å². The van der Waals surface area contributed by atoms with Crippen molar-refractivity contribution in [1.29, 1.82) is 0 Å². The predicted octanol–water partition coefficient (Wildman–Crippen LogP) is 7.36. The standard InChI is InChI=1S/C28H27Cl2N3O/c1-18-7-16-25-24(17-18)32-27(20-10-14-22(30)15-11-20)33(25)26(19-8-12-21(29)13-9-19)28(34)31-23-5-3-2-4-6-23/h7-17,23,26H,2-6H2,1H3,(H,31,34). The van der Waals surface area contributed by atoms with Gasteiger partial charge in [-0.1, -0.05) is 60.7 Å². The van der Waals surface area contributed by atoms with Gasteiger partial charge < -0.3 is 9.88 Å². The first-order valence-corrected chi connectivity index (χ1v) is 12.6. The Labute approximate surface area is 209 Å². The Kier molecular flexibility index (Phi) is 6.62. The Hall–Kier alpha value is -2.82. The van der Waals surface area contributed by atoms with Crippen LogP contribution in [0.1, 0.15) is 49.3 Å². The molecule has 1 heterocycles. The van der Waals surface area contributed by atoms with Gasteiger partial charge in [-0.2, -0.15) is 0 Å². The number of aryl methyl sites for hydroxylation is 1. The van der Waals surface area contributed by atoms with Crippen molar-refractivity contribution in [2.75, 3.05) is 0 Å². The van der Waals surface area contributed by atoms with Crippen LogP contribution in [0, 0.1) is 6.92 Å². The fraction of sp³-hybridized carbons (Fsp3) is 0.286. The van der Waals surface area contributed by atoms with Crippen molar-refractivity contribution in [3.63, 3.8) is 0 Å². The highest BCUT2D eigenvalue weighted by Crippen LogP contribution is 2.34. The van der Waals surface area contributed by atoms with Gasteiger partial charge in [0.2, 0.25) is 5.91 Å². The maximum absolute atomic E-state index is 13.9. The summed E-state index contributed by atoms with van der Waals surface area (Å²) in [7, 11) is 0. The van der Waals surface area contributed by atoms with E-state index in [4.69, 9.17) is 28.2 Å². The zero-order valence-corrected chi connectivity index (χ0v) is 20.6. The van der Waals surface area contributed by atoms with E-state index >= 15 is 0 Å². The molecule has 0 saturated heterocycles. The molecule has 0 radical (unpaired) electrons. The molecule has 1 saturated carbocycles. The molecular formula is C28H27Cl2N3O. The third-order valence-electron chi connectivity index (χ3n) is 6.59. The first-order valence-electron chi connectivity index (χ1n) is 11.8. The summed E-state index contributed by atoms with van der Waals surface area (Å²) >= 11 is 12.4. The number of halogens is 2. The van der Waals surface area contributed by atoms with Crippen molar-refractivity contribution in [3.05, 3.63) is 87.9 Å². The molecule has 34 heavy (non-hydrogen) atoms. The topological polar surface area (TPSA) is 46.9 Å². The number of carbonyl (C=O) groups excluding carboxylic acids is 1. The van der Waals surface area contributed by atoms with E-state index in [-0.39, 0.29) is 11.9 Å². The number of amides is 1. The number of nitrogens with one attached hydrogen (secondary N) is 1. The van der Waals surface area contributed by atoms with Gasteiger partial charge >= 0.3 is 0 Å². The van der Waals surface area contributed by atoms with Crippen LogP contribution in [0.4, 0.5) is 0 Å². The fourth-order valence-corrected chi connectivity index (χ4v) is 5.11. The molecule has 0 spiro atoms. The van der Waals surface area contributed by atoms with Crippen LogP contribution in [0.15, 0.2) is 66.7 Å². The molecule has 3 aromatic carbocycles. The van der Waals surface area contributed by atoms with E-state index in [0.29, 0.717) is 10.0 Å². The minimum absolute atomic E-state index is 0.0238. The van der Waals surface area contributed by atoms with Crippen molar-refractivity contribution in [2.24, 2.45) is 0 Å². The Morgan fingerprint density at radius 3 is 2.26 bits per heavy atom. The van der Waals surface area contributed by atoms with Gasteiger partial charge in [0.1, 0.15) is 11.9 Å². The van der Waals surface area contributed by atoms with Crippen molar-refractivity contribution < 1.29 is 4.79 Å². The summed E-state index contributed by atoms with van der Waals surface area (Å²) in [6, 6.07) is 20.9. The van der Waals surface area contributed by atoms with Crippen LogP contribution in [0.2, 0.25) is 10.0 Å². The summed E-state index contributed by atoms with van der Waals surface area (Å²) in [6.45, 7) is 2.05. The molecule has 4 nitrogen and oxygen atoms in total. The molecule has 1 aliphatic carbocycles. The average Bonchev–Trinajstić information content (AvgIpc) is 3.19. The van der Waals surface area contributed by atoms with Gasteiger partial charge in [0.25, 0.3) is 0 Å². The number of benzene rings is 3. The second-order valence-corrected chi connectivity index (χ2v) is 9.97.